The molecule has 7 heteroatoms. The summed E-state index contributed by atoms with van der Waals surface area (Å²) in [6.07, 6.45) is 0. The Morgan fingerprint density at radius 3 is 1.93 bits per heavy atom. The lowest BCUT2D eigenvalue weighted by Gasteiger charge is -2.12. The molecule has 0 saturated carbocycles. The highest BCUT2D eigenvalue weighted by Crippen LogP contribution is 2.31. The molecule has 4 rings (SSSR count). The molecule has 3 aromatic carbocycles. The van der Waals surface area contributed by atoms with Gasteiger partial charge in [-0.05, 0) is 42.5 Å². The van der Waals surface area contributed by atoms with Gasteiger partial charge in [0.15, 0.2) is 16.6 Å². The molecular formula is C21H18N4O2S. The van der Waals surface area contributed by atoms with Crippen molar-refractivity contribution in [2.24, 2.45) is 0 Å². The van der Waals surface area contributed by atoms with Crippen LogP contribution in [0.15, 0.2) is 60.7 Å². The monoisotopic (exact) mass is 390 g/mol. The molecule has 1 aromatic heterocycles. The fourth-order valence-electron chi connectivity index (χ4n) is 2.90. The third kappa shape index (κ3) is 3.65. The molecule has 0 spiro atoms. The summed E-state index contributed by atoms with van der Waals surface area (Å²) in [7, 11) is 3.20. The van der Waals surface area contributed by atoms with Crippen LogP contribution in [0.5, 0.6) is 11.5 Å². The molecular weight excluding hydrogens is 372 g/mol. The van der Waals surface area contributed by atoms with Crippen molar-refractivity contribution in [3.05, 3.63) is 60.7 Å². The van der Waals surface area contributed by atoms with Gasteiger partial charge in [-0.15, -0.1) is 0 Å². The van der Waals surface area contributed by atoms with Crippen molar-refractivity contribution in [2.75, 3.05) is 24.9 Å². The molecule has 1 heterocycles. The minimum atomic E-state index is 0.505. The molecule has 0 aliphatic carbocycles. The Morgan fingerprint density at radius 2 is 1.29 bits per heavy atom. The number of rotatable bonds is 4. The number of methoxy groups -OCH3 is 2. The van der Waals surface area contributed by atoms with Gasteiger partial charge in [-0.2, -0.15) is 0 Å². The van der Waals surface area contributed by atoms with Gasteiger partial charge in [0.1, 0.15) is 0 Å². The Hall–Kier alpha value is -3.45. The Bertz CT molecular complexity index is 1170. The van der Waals surface area contributed by atoms with Crippen LogP contribution in [-0.4, -0.2) is 29.3 Å². The van der Waals surface area contributed by atoms with E-state index in [0.29, 0.717) is 16.6 Å². The van der Waals surface area contributed by atoms with Crippen LogP contribution in [-0.2, 0) is 0 Å². The first kappa shape index (κ1) is 17.9. The number of nitrogens with zero attached hydrogens (tertiary/aromatic N) is 2. The highest BCUT2D eigenvalue weighted by Gasteiger charge is 2.10. The van der Waals surface area contributed by atoms with Crippen LogP contribution in [0.2, 0.25) is 0 Å². The highest BCUT2D eigenvalue weighted by molar-refractivity contribution is 7.80. The molecule has 4 aromatic rings. The van der Waals surface area contributed by atoms with Crippen molar-refractivity contribution in [3.63, 3.8) is 0 Å². The Morgan fingerprint density at radius 1 is 0.714 bits per heavy atom. The minimum Gasteiger partial charge on any atom is -0.493 e. The van der Waals surface area contributed by atoms with Gasteiger partial charge in [0.25, 0.3) is 0 Å². The number of nitrogens with one attached hydrogen (secondary N) is 2. The zero-order chi connectivity index (χ0) is 19.5. The van der Waals surface area contributed by atoms with E-state index in [2.05, 4.69) is 15.6 Å². The predicted octanol–water partition coefficient (Wildman–Crippen LogP) is 4.61. The number of anilines is 2. The third-order valence-corrected chi connectivity index (χ3v) is 4.43. The maximum atomic E-state index is 5.39. The Labute approximate surface area is 167 Å². The van der Waals surface area contributed by atoms with E-state index in [1.807, 2.05) is 60.7 Å². The lowest BCUT2D eigenvalue weighted by atomic mass is 10.2. The van der Waals surface area contributed by atoms with Gasteiger partial charge in [-0.1, -0.05) is 18.2 Å². The number of aromatic nitrogens is 2. The summed E-state index contributed by atoms with van der Waals surface area (Å²) in [5, 5.41) is 6.83. The fourth-order valence-corrected chi connectivity index (χ4v) is 3.13. The second-order valence-corrected chi connectivity index (χ2v) is 6.48. The van der Waals surface area contributed by atoms with Crippen molar-refractivity contribution < 1.29 is 9.47 Å². The summed E-state index contributed by atoms with van der Waals surface area (Å²) in [5.41, 5.74) is 4.77. The maximum Gasteiger partial charge on any atom is 0.175 e. The number of fused-ring (bicyclic) bond motifs is 2. The molecule has 0 fully saturated rings. The van der Waals surface area contributed by atoms with E-state index in [9.17, 15) is 0 Å². The van der Waals surface area contributed by atoms with Crippen LogP contribution in [0.4, 0.5) is 11.4 Å². The van der Waals surface area contributed by atoms with Gasteiger partial charge < -0.3 is 20.1 Å². The number of para-hydroxylation sites is 1. The van der Waals surface area contributed by atoms with Gasteiger partial charge in [0, 0.05) is 23.5 Å². The summed E-state index contributed by atoms with van der Waals surface area (Å²) in [5.74, 6) is 1.24. The highest BCUT2D eigenvalue weighted by atomic mass is 32.1. The molecule has 0 atom stereocenters. The van der Waals surface area contributed by atoms with Crippen molar-refractivity contribution >= 4 is 50.8 Å². The van der Waals surface area contributed by atoms with Gasteiger partial charge in [0.05, 0.1) is 36.3 Å². The lowest BCUT2D eigenvalue weighted by molar-refractivity contribution is 0.355. The second kappa shape index (κ2) is 7.66. The smallest absolute Gasteiger partial charge is 0.175 e. The molecule has 2 N–H and O–H groups in total. The average Bonchev–Trinajstić information content (AvgIpc) is 2.71. The van der Waals surface area contributed by atoms with Crippen molar-refractivity contribution in [1.82, 2.24) is 9.97 Å². The van der Waals surface area contributed by atoms with Crippen molar-refractivity contribution in [2.45, 2.75) is 0 Å². The van der Waals surface area contributed by atoms with Gasteiger partial charge in [0.2, 0.25) is 0 Å². The van der Waals surface area contributed by atoms with Crippen molar-refractivity contribution in [3.8, 4) is 11.5 Å². The van der Waals surface area contributed by atoms with E-state index in [-0.39, 0.29) is 0 Å². The summed E-state index contributed by atoms with van der Waals surface area (Å²) < 4.78 is 10.7. The van der Waals surface area contributed by atoms with Gasteiger partial charge in [-0.25, -0.2) is 9.97 Å². The molecule has 0 bridgehead atoms. The predicted molar refractivity (Wildman–Crippen MR) is 116 cm³/mol. The van der Waals surface area contributed by atoms with E-state index >= 15 is 0 Å². The van der Waals surface area contributed by atoms with E-state index in [1.54, 1.807) is 14.2 Å². The van der Waals surface area contributed by atoms with Crippen LogP contribution < -0.4 is 20.1 Å². The van der Waals surface area contributed by atoms with E-state index in [1.165, 1.54) is 0 Å². The van der Waals surface area contributed by atoms with E-state index in [4.69, 9.17) is 26.7 Å². The number of benzene rings is 3. The lowest BCUT2D eigenvalue weighted by Crippen LogP contribution is -2.18. The number of thiocarbonyl (C=S) groups is 1. The molecule has 0 radical (unpaired) electrons. The molecule has 140 valence electrons. The van der Waals surface area contributed by atoms with Crippen LogP contribution in [0, 0.1) is 0 Å². The topological polar surface area (TPSA) is 68.3 Å². The SMILES string of the molecule is COc1cc2nc3ccc(NC(=S)Nc4ccccc4)cc3nc2cc1OC. The average molecular weight is 390 g/mol. The number of hydrogen-bond acceptors (Lipinski definition) is 5. The summed E-state index contributed by atoms with van der Waals surface area (Å²) in [6.45, 7) is 0. The van der Waals surface area contributed by atoms with Crippen LogP contribution >= 0.6 is 12.2 Å². The first-order chi connectivity index (χ1) is 13.7. The molecule has 6 nitrogen and oxygen atoms in total. The standard InChI is InChI=1S/C21H18N4O2S/c1-26-19-11-17-18(12-20(19)27-2)25-16-10-14(8-9-15(16)24-17)23-21(28)22-13-6-4-3-5-7-13/h3-12H,1-2H3,(H2,22,23,28). The maximum absolute atomic E-state index is 5.39. The molecule has 0 aliphatic rings. The van der Waals surface area contributed by atoms with Crippen LogP contribution in [0.1, 0.15) is 0 Å². The summed E-state index contributed by atoms with van der Waals surface area (Å²) in [4.78, 5) is 9.39. The zero-order valence-corrected chi connectivity index (χ0v) is 16.2. The van der Waals surface area contributed by atoms with E-state index < -0.39 is 0 Å². The molecule has 0 unspecified atom stereocenters. The van der Waals surface area contributed by atoms with Gasteiger partial charge in [-0.3, -0.25) is 0 Å². The fraction of sp³-hybridized carbons (Fsp3) is 0.0952. The second-order valence-electron chi connectivity index (χ2n) is 6.07. The molecule has 0 saturated heterocycles. The first-order valence-corrected chi connectivity index (χ1v) is 9.03. The zero-order valence-electron chi connectivity index (χ0n) is 15.4. The normalized spacial score (nSPS) is 10.6. The van der Waals surface area contributed by atoms with Crippen molar-refractivity contribution in [1.29, 1.82) is 0 Å². The number of hydrogen-bond donors (Lipinski definition) is 2. The molecule has 28 heavy (non-hydrogen) atoms. The van der Waals surface area contributed by atoms with Crippen LogP contribution in [0.3, 0.4) is 0 Å². The Balaban J connectivity index is 1.64. The first-order valence-electron chi connectivity index (χ1n) is 8.63. The molecule has 0 amide bonds. The summed E-state index contributed by atoms with van der Waals surface area (Å²) in [6, 6.07) is 19.1. The van der Waals surface area contributed by atoms with Gasteiger partial charge >= 0.3 is 0 Å². The van der Waals surface area contributed by atoms with E-state index in [0.717, 1.165) is 33.4 Å². The largest absolute Gasteiger partial charge is 0.493 e. The third-order valence-electron chi connectivity index (χ3n) is 4.23. The molecule has 0 aliphatic heterocycles. The Kier molecular flexibility index (Phi) is 4.90. The summed E-state index contributed by atoms with van der Waals surface area (Å²) >= 11 is 5.39. The minimum absolute atomic E-state index is 0.505. The van der Waals surface area contributed by atoms with Crippen LogP contribution in [0.25, 0.3) is 22.1 Å². The quantitative estimate of drug-likeness (QED) is 0.390. The number of ether oxygens (including phenoxy) is 2.